The van der Waals surface area contributed by atoms with Crippen molar-refractivity contribution < 1.29 is 22.8 Å². The minimum absolute atomic E-state index is 0.0898. The highest BCUT2D eigenvalue weighted by molar-refractivity contribution is 5.85. The summed E-state index contributed by atoms with van der Waals surface area (Å²) in [5, 5.41) is 1.75. The largest absolute Gasteiger partial charge is 0.405 e. The lowest BCUT2D eigenvalue weighted by atomic mass is 9.78. The molecule has 0 bridgehead atoms. The van der Waals surface area contributed by atoms with Crippen molar-refractivity contribution in [2.24, 2.45) is 17.6 Å². The highest BCUT2D eigenvalue weighted by Gasteiger charge is 2.33. The SMILES string of the molecule is CN(CC(=O)NCC(F)(F)F)C(=O)C1CCCCC1CN. The Kier molecular flexibility index (Phi) is 6.44. The highest BCUT2D eigenvalue weighted by atomic mass is 19.4. The zero-order valence-corrected chi connectivity index (χ0v) is 12.1. The number of likely N-dealkylation sites (N-methyl/N-ethyl adjacent to an activating group) is 1. The summed E-state index contributed by atoms with van der Waals surface area (Å²) >= 11 is 0. The van der Waals surface area contributed by atoms with Gasteiger partial charge in [-0.1, -0.05) is 12.8 Å². The summed E-state index contributed by atoms with van der Waals surface area (Å²) in [4.78, 5) is 24.9. The second kappa shape index (κ2) is 7.63. The number of hydrogen-bond acceptors (Lipinski definition) is 3. The van der Waals surface area contributed by atoms with E-state index in [2.05, 4.69) is 0 Å². The molecule has 3 N–H and O–H groups in total. The Balaban J connectivity index is 2.48. The Labute approximate surface area is 122 Å². The van der Waals surface area contributed by atoms with Crippen LogP contribution >= 0.6 is 0 Å². The maximum absolute atomic E-state index is 12.3. The molecule has 1 aliphatic carbocycles. The van der Waals surface area contributed by atoms with E-state index in [1.54, 1.807) is 5.32 Å². The van der Waals surface area contributed by atoms with Crippen molar-refractivity contribution in [1.29, 1.82) is 0 Å². The molecule has 0 radical (unpaired) electrons. The van der Waals surface area contributed by atoms with Crippen molar-refractivity contribution in [3.05, 3.63) is 0 Å². The zero-order valence-electron chi connectivity index (χ0n) is 12.1. The summed E-state index contributed by atoms with van der Waals surface area (Å²) < 4.78 is 36.0. The van der Waals surface area contributed by atoms with Gasteiger partial charge in [0, 0.05) is 13.0 Å². The number of carbonyl (C=O) groups is 2. The maximum Gasteiger partial charge on any atom is 0.405 e. The number of carbonyl (C=O) groups excluding carboxylic acids is 2. The molecular formula is C13H22F3N3O2. The van der Waals surface area contributed by atoms with Gasteiger partial charge in [-0.2, -0.15) is 13.2 Å². The van der Waals surface area contributed by atoms with Crippen molar-refractivity contribution in [2.45, 2.75) is 31.9 Å². The fourth-order valence-electron chi connectivity index (χ4n) is 2.65. The summed E-state index contributed by atoms with van der Waals surface area (Å²) in [5.41, 5.74) is 5.65. The molecule has 1 rings (SSSR count). The van der Waals surface area contributed by atoms with Gasteiger partial charge in [-0.05, 0) is 25.3 Å². The van der Waals surface area contributed by atoms with E-state index in [1.807, 2.05) is 0 Å². The molecule has 2 unspecified atom stereocenters. The normalized spacial score (nSPS) is 22.7. The number of nitrogens with one attached hydrogen (secondary N) is 1. The van der Waals surface area contributed by atoms with Crippen LogP contribution in [0, 0.1) is 11.8 Å². The van der Waals surface area contributed by atoms with Gasteiger partial charge < -0.3 is 16.0 Å². The molecule has 0 aromatic heterocycles. The first kappa shape index (κ1) is 17.7. The van der Waals surface area contributed by atoms with Gasteiger partial charge in [-0.3, -0.25) is 9.59 Å². The summed E-state index contributed by atoms with van der Waals surface area (Å²) in [5.74, 6) is -1.17. The molecule has 1 fully saturated rings. The monoisotopic (exact) mass is 309 g/mol. The number of halogens is 3. The van der Waals surface area contributed by atoms with E-state index in [1.165, 1.54) is 11.9 Å². The molecule has 0 spiro atoms. The van der Waals surface area contributed by atoms with E-state index >= 15 is 0 Å². The predicted octanol–water partition coefficient (Wildman–Crippen LogP) is 0.888. The van der Waals surface area contributed by atoms with Crippen molar-refractivity contribution in [2.75, 3.05) is 26.7 Å². The van der Waals surface area contributed by atoms with Crippen LogP contribution in [0.4, 0.5) is 13.2 Å². The number of nitrogens with zero attached hydrogens (tertiary/aromatic N) is 1. The van der Waals surface area contributed by atoms with E-state index < -0.39 is 18.6 Å². The Morgan fingerprint density at radius 2 is 1.90 bits per heavy atom. The number of hydrogen-bond donors (Lipinski definition) is 2. The van der Waals surface area contributed by atoms with Gasteiger partial charge in [0.15, 0.2) is 0 Å². The van der Waals surface area contributed by atoms with Crippen LogP contribution in [0.1, 0.15) is 25.7 Å². The Morgan fingerprint density at radius 3 is 2.48 bits per heavy atom. The molecule has 1 saturated carbocycles. The molecule has 0 aliphatic heterocycles. The van der Waals surface area contributed by atoms with Crippen LogP contribution in [-0.2, 0) is 9.59 Å². The van der Waals surface area contributed by atoms with Crippen LogP contribution in [0.15, 0.2) is 0 Å². The Hall–Kier alpha value is -1.31. The van der Waals surface area contributed by atoms with E-state index in [-0.39, 0.29) is 24.3 Å². The second-order valence-electron chi connectivity index (χ2n) is 5.47. The smallest absolute Gasteiger partial charge is 0.345 e. The molecule has 122 valence electrons. The highest BCUT2D eigenvalue weighted by Crippen LogP contribution is 2.30. The lowest BCUT2D eigenvalue weighted by Gasteiger charge is -2.32. The Bertz CT molecular complexity index is 374. The third-order valence-electron chi connectivity index (χ3n) is 3.77. The van der Waals surface area contributed by atoms with Crippen LogP contribution in [0.3, 0.4) is 0 Å². The number of amides is 2. The molecule has 21 heavy (non-hydrogen) atoms. The predicted molar refractivity (Wildman–Crippen MR) is 71.2 cm³/mol. The molecule has 8 heteroatoms. The third kappa shape index (κ3) is 5.91. The zero-order chi connectivity index (χ0) is 16.0. The van der Waals surface area contributed by atoms with Crippen LogP contribution in [-0.4, -0.2) is 49.6 Å². The molecule has 1 aliphatic rings. The topological polar surface area (TPSA) is 75.4 Å². The fraction of sp³-hybridized carbons (Fsp3) is 0.846. The first-order valence-electron chi connectivity index (χ1n) is 7.03. The van der Waals surface area contributed by atoms with Gasteiger partial charge in [0.25, 0.3) is 0 Å². The average Bonchev–Trinajstić information content (AvgIpc) is 2.43. The first-order valence-corrected chi connectivity index (χ1v) is 7.03. The minimum Gasteiger partial charge on any atom is -0.345 e. The lowest BCUT2D eigenvalue weighted by molar-refractivity contribution is -0.144. The van der Waals surface area contributed by atoms with E-state index in [0.29, 0.717) is 6.54 Å². The number of rotatable bonds is 5. The maximum atomic E-state index is 12.3. The van der Waals surface area contributed by atoms with Gasteiger partial charge in [-0.15, -0.1) is 0 Å². The lowest BCUT2D eigenvalue weighted by Crippen LogP contribution is -2.45. The van der Waals surface area contributed by atoms with Gasteiger partial charge in [0.05, 0.1) is 6.54 Å². The van der Waals surface area contributed by atoms with Crippen molar-refractivity contribution >= 4 is 11.8 Å². The average molecular weight is 309 g/mol. The molecule has 2 amide bonds. The van der Waals surface area contributed by atoms with E-state index in [4.69, 9.17) is 5.73 Å². The van der Waals surface area contributed by atoms with Crippen molar-refractivity contribution in [3.63, 3.8) is 0 Å². The quantitative estimate of drug-likeness (QED) is 0.792. The van der Waals surface area contributed by atoms with Crippen molar-refractivity contribution in [3.8, 4) is 0 Å². The summed E-state index contributed by atoms with van der Waals surface area (Å²) in [6.45, 7) is -1.35. The fourth-order valence-corrected chi connectivity index (χ4v) is 2.65. The van der Waals surface area contributed by atoms with E-state index in [9.17, 15) is 22.8 Å². The van der Waals surface area contributed by atoms with Gasteiger partial charge in [0.1, 0.15) is 6.54 Å². The second-order valence-corrected chi connectivity index (χ2v) is 5.47. The third-order valence-corrected chi connectivity index (χ3v) is 3.77. The summed E-state index contributed by atoms with van der Waals surface area (Å²) in [6, 6.07) is 0. The van der Waals surface area contributed by atoms with Gasteiger partial charge in [0.2, 0.25) is 11.8 Å². The van der Waals surface area contributed by atoms with Crippen LogP contribution in [0.2, 0.25) is 0 Å². The molecule has 5 nitrogen and oxygen atoms in total. The molecule has 0 aromatic carbocycles. The van der Waals surface area contributed by atoms with Crippen LogP contribution in [0.5, 0.6) is 0 Å². The summed E-state index contributed by atoms with van der Waals surface area (Å²) in [7, 11) is 1.43. The molecule has 2 atom stereocenters. The standard InChI is InChI=1S/C13H22F3N3O2/c1-19(7-11(20)18-8-13(14,15)16)12(21)10-5-3-2-4-9(10)6-17/h9-10H,2-8,17H2,1H3,(H,18,20). The summed E-state index contributed by atoms with van der Waals surface area (Å²) in [6.07, 6.45) is -0.898. The number of alkyl halides is 3. The van der Waals surface area contributed by atoms with Crippen LogP contribution < -0.4 is 11.1 Å². The number of nitrogens with two attached hydrogens (primary N) is 1. The van der Waals surface area contributed by atoms with Crippen LogP contribution in [0.25, 0.3) is 0 Å². The van der Waals surface area contributed by atoms with E-state index in [0.717, 1.165) is 25.7 Å². The minimum atomic E-state index is -4.45. The molecule has 0 aromatic rings. The molecule has 0 heterocycles. The Morgan fingerprint density at radius 1 is 1.29 bits per heavy atom. The molecule has 0 saturated heterocycles. The van der Waals surface area contributed by atoms with Gasteiger partial charge >= 0.3 is 6.18 Å². The molecular weight excluding hydrogens is 287 g/mol. The van der Waals surface area contributed by atoms with Crippen molar-refractivity contribution in [1.82, 2.24) is 10.2 Å². The van der Waals surface area contributed by atoms with Gasteiger partial charge in [-0.25, -0.2) is 0 Å². The first-order chi connectivity index (χ1) is 9.74.